The second-order valence-corrected chi connectivity index (χ2v) is 4.60. The van der Waals surface area contributed by atoms with Crippen molar-refractivity contribution in [1.82, 2.24) is 4.98 Å². The molecule has 0 fully saturated rings. The monoisotopic (exact) mass is 326 g/mol. The molecule has 0 aliphatic heterocycles. The first-order valence-electron chi connectivity index (χ1n) is 5.41. The van der Waals surface area contributed by atoms with Crippen LogP contribution in [0.2, 0.25) is 0 Å². The molecule has 0 bridgehead atoms. The number of rotatable bonds is 3. The minimum atomic E-state index is -1.00. The van der Waals surface area contributed by atoms with Gasteiger partial charge in [-0.25, -0.2) is 13.8 Å². The van der Waals surface area contributed by atoms with Gasteiger partial charge in [0.15, 0.2) is 11.6 Å². The van der Waals surface area contributed by atoms with Crippen LogP contribution in [0.5, 0.6) is 0 Å². The molecule has 0 radical (unpaired) electrons. The summed E-state index contributed by atoms with van der Waals surface area (Å²) in [6, 6.07) is 8.75. The first-order chi connectivity index (χ1) is 9.06. The summed E-state index contributed by atoms with van der Waals surface area (Å²) in [5.41, 5.74) is 0.00694. The van der Waals surface area contributed by atoms with Crippen molar-refractivity contribution in [1.29, 1.82) is 0 Å². The van der Waals surface area contributed by atoms with Crippen molar-refractivity contribution in [2.75, 3.05) is 5.32 Å². The van der Waals surface area contributed by atoms with E-state index in [9.17, 15) is 13.6 Å². The third-order valence-corrected chi connectivity index (χ3v) is 2.81. The predicted molar refractivity (Wildman–Crippen MR) is 70.6 cm³/mol. The molecule has 1 aromatic carbocycles. The lowest BCUT2D eigenvalue weighted by Crippen LogP contribution is -2.16. The van der Waals surface area contributed by atoms with Crippen LogP contribution in [0.4, 0.5) is 14.6 Å². The van der Waals surface area contributed by atoms with E-state index < -0.39 is 17.5 Å². The average Bonchev–Trinajstić information content (AvgIpc) is 2.35. The second-order valence-electron chi connectivity index (χ2n) is 3.78. The Bertz CT molecular complexity index is 619. The Balaban J connectivity index is 2.08. The number of nitrogens with zero attached hydrogens (tertiary/aromatic N) is 1. The van der Waals surface area contributed by atoms with Crippen LogP contribution in [0.25, 0.3) is 0 Å². The van der Waals surface area contributed by atoms with Crippen molar-refractivity contribution in [2.24, 2.45) is 0 Å². The van der Waals surface area contributed by atoms with Gasteiger partial charge in [-0.3, -0.25) is 4.79 Å². The quantitative estimate of drug-likeness (QED) is 0.879. The van der Waals surface area contributed by atoms with Crippen molar-refractivity contribution in [3.05, 3.63) is 58.2 Å². The van der Waals surface area contributed by atoms with E-state index in [1.54, 1.807) is 18.2 Å². The Morgan fingerprint density at radius 3 is 2.68 bits per heavy atom. The molecular formula is C13H9BrF2N2O. The highest BCUT2D eigenvalue weighted by Gasteiger charge is 2.12. The summed E-state index contributed by atoms with van der Waals surface area (Å²) in [5.74, 6) is -2.09. The smallest absolute Gasteiger partial charge is 0.230 e. The summed E-state index contributed by atoms with van der Waals surface area (Å²) < 4.78 is 26.9. The van der Waals surface area contributed by atoms with Crippen LogP contribution in [-0.4, -0.2) is 10.9 Å². The Morgan fingerprint density at radius 2 is 1.95 bits per heavy atom. The molecule has 1 aromatic heterocycles. The van der Waals surface area contributed by atoms with E-state index in [-0.39, 0.29) is 12.0 Å². The molecule has 98 valence electrons. The number of pyridine rings is 1. The number of hydrogen-bond donors (Lipinski definition) is 1. The summed E-state index contributed by atoms with van der Waals surface area (Å²) in [6.07, 6.45) is -0.252. The number of anilines is 1. The molecule has 0 aliphatic rings. The van der Waals surface area contributed by atoms with Crippen LogP contribution in [0.1, 0.15) is 5.56 Å². The molecule has 0 aliphatic carbocycles. The molecule has 6 heteroatoms. The Labute approximate surface area is 116 Å². The fourth-order valence-electron chi connectivity index (χ4n) is 1.52. The van der Waals surface area contributed by atoms with Crippen molar-refractivity contribution >= 4 is 27.7 Å². The molecule has 0 atom stereocenters. The number of hydrogen-bond acceptors (Lipinski definition) is 2. The minimum absolute atomic E-state index is 0.00694. The molecule has 0 spiro atoms. The van der Waals surface area contributed by atoms with E-state index >= 15 is 0 Å². The van der Waals surface area contributed by atoms with E-state index in [0.29, 0.717) is 10.4 Å². The number of aromatic nitrogens is 1. The number of nitrogens with one attached hydrogen (secondary N) is 1. The highest BCUT2D eigenvalue weighted by Crippen LogP contribution is 2.14. The molecule has 1 amide bonds. The van der Waals surface area contributed by atoms with Crippen molar-refractivity contribution in [2.45, 2.75) is 6.42 Å². The number of carbonyl (C=O) groups excluding carboxylic acids is 1. The van der Waals surface area contributed by atoms with Gasteiger partial charge in [0.2, 0.25) is 5.91 Å². The molecule has 19 heavy (non-hydrogen) atoms. The first kappa shape index (κ1) is 13.6. The molecule has 3 nitrogen and oxygen atoms in total. The fraction of sp³-hybridized carbons (Fsp3) is 0.0769. The molecule has 0 unspecified atom stereocenters. The maximum absolute atomic E-state index is 13.4. The molecular weight excluding hydrogens is 318 g/mol. The van der Waals surface area contributed by atoms with Crippen molar-refractivity contribution < 1.29 is 13.6 Å². The zero-order chi connectivity index (χ0) is 13.8. The lowest BCUT2D eigenvalue weighted by atomic mass is 10.1. The Morgan fingerprint density at radius 1 is 1.21 bits per heavy atom. The van der Waals surface area contributed by atoms with E-state index in [1.165, 1.54) is 12.1 Å². The molecule has 0 saturated heterocycles. The SMILES string of the molecule is O=C(Cc1cccc(F)c1F)Nc1cccc(Br)n1. The van der Waals surface area contributed by atoms with Gasteiger partial charge in [0.25, 0.3) is 0 Å². The van der Waals surface area contributed by atoms with E-state index in [2.05, 4.69) is 26.2 Å². The van der Waals surface area contributed by atoms with Gasteiger partial charge in [0.05, 0.1) is 6.42 Å². The van der Waals surface area contributed by atoms with Gasteiger partial charge in [-0.15, -0.1) is 0 Å². The summed E-state index contributed by atoms with van der Waals surface area (Å²) in [7, 11) is 0. The van der Waals surface area contributed by atoms with Crippen LogP contribution in [0.15, 0.2) is 41.0 Å². The molecule has 1 heterocycles. The summed E-state index contributed by atoms with van der Waals surface area (Å²) >= 11 is 3.17. The highest BCUT2D eigenvalue weighted by atomic mass is 79.9. The molecule has 0 saturated carbocycles. The highest BCUT2D eigenvalue weighted by molar-refractivity contribution is 9.10. The average molecular weight is 327 g/mol. The van der Waals surface area contributed by atoms with Gasteiger partial charge >= 0.3 is 0 Å². The van der Waals surface area contributed by atoms with Crippen LogP contribution < -0.4 is 5.32 Å². The van der Waals surface area contributed by atoms with Gasteiger partial charge < -0.3 is 5.32 Å². The Hall–Kier alpha value is -1.82. The largest absolute Gasteiger partial charge is 0.310 e. The van der Waals surface area contributed by atoms with Gasteiger partial charge in [-0.05, 0) is 34.1 Å². The van der Waals surface area contributed by atoms with E-state index in [4.69, 9.17) is 0 Å². The maximum Gasteiger partial charge on any atom is 0.230 e. The fourth-order valence-corrected chi connectivity index (χ4v) is 1.87. The Kier molecular flexibility index (Phi) is 4.21. The number of benzene rings is 1. The van der Waals surface area contributed by atoms with Gasteiger partial charge in [-0.2, -0.15) is 0 Å². The van der Waals surface area contributed by atoms with E-state index in [1.807, 2.05) is 0 Å². The molecule has 2 rings (SSSR count). The summed E-state index contributed by atoms with van der Waals surface area (Å²) in [4.78, 5) is 15.7. The topological polar surface area (TPSA) is 42.0 Å². The van der Waals surface area contributed by atoms with Gasteiger partial charge in [0, 0.05) is 5.56 Å². The third-order valence-electron chi connectivity index (χ3n) is 2.37. The van der Waals surface area contributed by atoms with Crippen LogP contribution >= 0.6 is 15.9 Å². The summed E-state index contributed by atoms with van der Waals surface area (Å²) in [6.45, 7) is 0. The summed E-state index contributed by atoms with van der Waals surface area (Å²) in [5, 5.41) is 2.51. The maximum atomic E-state index is 13.4. The lowest BCUT2D eigenvalue weighted by molar-refractivity contribution is -0.115. The normalized spacial score (nSPS) is 10.3. The lowest BCUT2D eigenvalue weighted by Gasteiger charge is -2.06. The third kappa shape index (κ3) is 3.57. The zero-order valence-corrected chi connectivity index (χ0v) is 11.2. The van der Waals surface area contributed by atoms with Crippen molar-refractivity contribution in [3.8, 4) is 0 Å². The van der Waals surface area contributed by atoms with Crippen LogP contribution in [0, 0.1) is 11.6 Å². The molecule has 1 N–H and O–H groups in total. The zero-order valence-electron chi connectivity index (χ0n) is 9.66. The minimum Gasteiger partial charge on any atom is -0.310 e. The van der Waals surface area contributed by atoms with E-state index in [0.717, 1.165) is 6.07 Å². The predicted octanol–water partition coefficient (Wildman–Crippen LogP) is 3.30. The van der Waals surface area contributed by atoms with Crippen LogP contribution in [-0.2, 0) is 11.2 Å². The second kappa shape index (κ2) is 5.88. The van der Waals surface area contributed by atoms with Gasteiger partial charge in [0.1, 0.15) is 10.4 Å². The number of halogens is 3. The number of amides is 1. The molecule has 2 aromatic rings. The van der Waals surface area contributed by atoms with Crippen molar-refractivity contribution in [3.63, 3.8) is 0 Å². The first-order valence-corrected chi connectivity index (χ1v) is 6.21. The van der Waals surface area contributed by atoms with Gasteiger partial charge in [-0.1, -0.05) is 18.2 Å². The number of carbonyl (C=O) groups is 1. The standard InChI is InChI=1S/C13H9BrF2N2O/c14-10-5-2-6-11(17-10)18-12(19)7-8-3-1-4-9(15)13(8)16/h1-6H,7H2,(H,17,18,19). The van der Waals surface area contributed by atoms with Crippen LogP contribution in [0.3, 0.4) is 0 Å².